The van der Waals surface area contributed by atoms with Gasteiger partial charge in [0.1, 0.15) is 9.39 Å². The maximum Gasteiger partial charge on any atom is 0.266 e. The third kappa shape index (κ3) is 1.97. The highest BCUT2D eigenvalue weighted by Crippen LogP contribution is 2.17. The van der Waals surface area contributed by atoms with Gasteiger partial charge in [0.2, 0.25) is 0 Å². The number of nitrogens with zero attached hydrogens (tertiary/aromatic N) is 1. The molecule has 0 aromatic carbocycles. The maximum absolute atomic E-state index is 11.3. The second kappa shape index (κ2) is 4.12. The summed E-state index contributed by atoms with van der Waals surface area (Å²) >= 11 is 2.00. The predicted molar refractivity (Wildman–Crippen MR) is 63.4 cm³/mol. The van der Waals surface area contributed by atoms with Crippen molar-refractivity contribution in [2.45, 2.75) is 18.9 Å². The molecule has 0 bridgehead atoms. The molecule has 1 aromatic rings. The van der Waals surface area contributed by atoms with Crippen LogP contribution in [0.4, 0.5) is 5.82 Å². The van der Waals surface area contributed by atoms with Crippen LogP contribution in [-0.4, -0.2) is 16.0 Å². The van der Waals surface area contributed by atoms with Crippen LogP contribution in [0.5, 0.6) is 0 Å². The standard InChI is InChI=1S/C9H10IN3O/c10-7-8(11-5-12-9(7)14)13-6-3-1-2-4-6/h1-2,5-6H,3-4H2,(H2,11,12,13,14). The summed E-state index contributed by atoms with van der Waals surface area (Å²) in [5, 5.41) is 3.25. The number of nitrogens with one attached hydrogen (secondary N) is 2. The van der Waals surface area contributed by atoms with E-state index in [1.54, 1.807) is 0 Å². The van der Waals surface area contributed by atoms with E-state index in [0.29, 0.717) is 15.4 Å². The van der Waals surface area contributed by atoms with Crippen LogP contribution in [0.1, 0.15) is 12.8 Å². The molecule has 1 heterocycles. The van der Waals surface area contributed by atoms with Crippen molar-refractivity contribution < 1.29 is 0 Å². The molecule has 0 fully saturated rings. The molecule has 14 heavy (non-hydrogen) atoms. The van der Waals surface area contributed by atoms with Crippen molar-refractivity contribution in [3.63, 3.8) is 0 Å². The Balaban J connectivity index is 2.16. The summed E-state index contributed by atoms with van der Waals surface area (Å²) in [4.78, 5) is 17.9. The molecule has 0 atom stereocenters. The van der Waals surface area contributed by atoms with Gasteiger partial charge >= 0.3 is 0 Å². The number of halogens is 1. The van der Waals surface area contributed by atoms with E-state index >= 15 is 0 Å². The van der Waals surface area contributed by atoms with Gasteiger partial charge in [0.05, 0.1) is 6.33 Å². The number of anilines is 1. The van der Waals surface area contributed by atoms with Crippen LogP contribution < -0.4 is 10.9 Å². The van der Waals surface area contributed by atoms with Crippen LogP contribution in [0.25, 0.3) is 0 Å². The summed E-state index contributed by atoms with van der Waals surface area (Å²) in [6, 6.07) is 0.387. The molecular formula is C9H10IN3O. The lowest BCUT2D eigenvalue weighted by Gasteiger charge is -2.12. The Kier molecular flexibility index (Phi) is 2.85. The molecule has 0 unspecified atom stereocenters. The molecular weight excluding hydrogens is 293 g/mol. The highest BCUT2D eigenvalue weighted by molar-refractivity contribution is 14.1. The first-order valence-electron chi connectivity index (χ1n) is 4.42. The summed E-state index contributed by atoms with van der Waals surface area (Å²) in [6.45, 7) is 0. The van der Waals surface area contributed by atoms with Gasteiger partial charge < -0.3 is 10.3 Å². The summed E-state index contributed by atoms with van der Waals surface area (Å²) in [5.41, 5.74) is -0.0888. The van der Waals surface area contributed by atoms with E-state index in [4.69, 9.17) is 0 Å². The lowest BCUT2D eigenvalue weighted by Crippen LogP contribution is -2.21. The fraction of sp³-hybridized carbons (Fsp3) is 0.333. The Morgan fingerprint density at radius 1 is 1.50 bits per heavy atom. The van der Waals surface area contributed by atoms with E-state index in [1.807, 2.05) is 22.6 Å². The fourth-order valence-electron chi connectivity index (χ4n) is 1.41. The summed E-state index contributed by atoms with van der Waals surface area (Å²) in [5.74, 6) is 0.683. The molecule has 0 saturated heterocycles. The summed E-state index contributed by atoms with van der Waals surface area (Å²) < 4.78 is 0.622. The second-order valence-electron chi connectivity index (χ2n) is 3.18. The Labute approximate surface area is 95.0 Å². The molecule has 0 saturated carbocycles. The highest BCUT2D eigenvalue weighted by Gasteiger charge is 2.13. The third-order valence-corrected chi connectivity index (χ3v) is 3.15. The monoisotopic (exact) mass is 303 g/mol. The number of rotatable bonds is 2. The van der Waals surface area contributed by atoms with Crippen LogP contribution >= 0.6 is 22.6 Å². The number of hydrogen-bond donors (Lipinski definition) is 2. The fourth-order valence-corrected chi connectivity index (χ4v) is 1.86. The second-order valence-corrected chi connectivity index (χ2v) is 4.26. The first-order valence-corrected chi connectivity index (χ1v) is 5.50. The molecule has 0 amide bonds. The molecule has 0 spiro atoms. The minimum absolute atomic E-state index is 0.0888. The minimum atomic E-state index is -0.0888. The van der Waals surface area contributed by atoms with Crippen LogP contribution in [0.2, 0.25) is 0 Å². The molecule has 0 aliphatic heterocycles. The quantitative estimate of drug-likeness (QED) is 0.643. The van der Waals surface area contributed by atoms with Gasteiger partial charge in [0, 0.05) is 6.04 Å². The van der Waals surface area contributed by atoms with E-state index in [0.717, 1.165) is 12.8 Å². The highest BCUT2D eigenvalue weighted by atomic mass is 127. The molecule has 1 aliphatic rings. The molecule has 0 radical (unpaired) electrons. The maximum atomic E-state index is 11.3. The van der Waals surface area contributed by atoms with Crippen molar-refractivity contribution in [1.29, 1.82) is 0 Å². The van der Waals surface area contributed by atoms with Gasteiger partial charge in [-0.25, -0.2) is 4.98 Å². The largest absolute Gasteiger partial charge is 0.366 e. The average Bonchev–Trinajstić information content (AvgIpc) is 2.66. The van der Waals surface area contributed by atoms with Crippen LogP contribution in [0, 0.1) is 3.57 Å². The van der Waals surface area contributed by atoms with Crippen molar-refractivity contribution in [3.8, 4) is 0 Å². The van der Waals surface area contributed by atoms with Gasteiger partial charge in [-0.1, -0.05) is 12.2 Å². The first-order chi connectivity index (χ1) is 6.77. The molecule has 1 aromatic heterocycles. The van der Waals surface area contributed by atoms with Crippen LogP contribution in [-0.2, 0) is 0 Å². The Hall–Kier alpha value is -0.850. The normalized spacial score (nSPS) is 16.1. The Bertz CT molecular complexity index is 405. The van der Waals surface area contributed by atoms with Crippen molar-refractivity contribution >= 4 is 28.4 Å². The zero-order valence-corrected chi connectivity index (χ0v) is 9.61. The minimum Gasteiger partial charge on any atom is -0.366 e. The smallest absolute Gasteiger partial charge is 0.266 e. The lowest BCUT2D eigenvalue weighted by molar-refractivity contribution is 0.777. The SMILES string of the molecule is O=c1[nH]cnc(NC2CC=CC2)c1I. The first kappa shape index (κ1) is 9.70. The van der Waals surface area contributed by atoms with E-state index in [1.165, 1.54) is 6.33 Å². The zero-order valence-electron chi connectivity index (χ0n) is 7.46. The molecule has 4 nitrogen and oxygen atoms in total. The number of aromatic nitrogens is 2. The zero-order chi connectivity index (χ0) is 9.97. The van der Waals surface area contributed by atoms with Gasteiger partial charge in [-0.05, 0) is 35.4 Å². The van der Waals surface area contributed by atoms with Crippen molar-refractivity contribution in [2.24, 2.45) is 0 Å². The molecule has 5 heteroatoms. The third-order valence-electron chi connectivity index (χ3n) is 2.15. The molecule has 74 valence electrons. The topological polar surface area (TPSA) is 57.8 Å². The van der Waals surface area contributed by atoms with E-state index in [2.05, 4.69) is 27.4 Å². The lowest BCUT2D eigenvalue weighted by atomic mass is 10.2. The van der Waals surface area contributed by atoms with Crippen molar-refractivity contribution in [2.75, 3.05) is 5.32 Å². The van der Waals surface area contributed by atoms with Crippen molar-refractivity contribution in [3.05, 3.63) is 32.4 Å². The summed E-state index contributed by atoms with van der Waals surface area (Å²) in [6.07, 6.45) is 7.71. The van der Waals surface area contributed by atoms with E-state index < -0.39 is 0 Å². The Morgan fingerprint density at radius 3 is 2.93 bits per heavy atom. The predicted octanol–water partition coefficient (Wildman–Crippen LogP) is 1.51. The van der Waals surface area contributed by atoms with Crippen LogP contribution in [0.3, 0.4) is 0 Å². The van der Waals surface area contributed by atoms with Gasteiger partial charge in [0.25, 0.3) is 5.56 Å². The number of hydrogen-bond acceptors (Lipinski definition) is 3. The number of aromatic amines is 1. The van der Waals surface area contributed by atoms with Gasteiger partial charge in [-0.15, -0.1) is 0 Å². The summed E-state index contributed by atoms with van der Waals surface area (Å²) in [7, 11) is 0. The van der Waals surface area contributed by atoms with Gasteiger partial charge in [0.15, 0.2) is 0 Å². The number of H-pyrrole nitrogens is 1. The van der Waals surface area contributed by atoms with E-state index in [-0.39, 0.29) is 5.56 Å². The molecule has 2 N–H and O–H groups in total. The van der Waals surface area contributed by atoms with Gasteiger partial charge in [-0.3, -0.25) is 4.79 Å². The molecule has 2 rings (SSSR count). The van der Waals surface area contributed by atoms with Crippen molar-refractivity contribution in [1.82, 2.24) is 9.97 Å². The average molecular weight is 303 g/mol. The van der Waals surface area contributed by atoms with E-state index in [9.17, 15) is 4.79 Å². The van der Waals surface area contributed by atoms with Crippen LogP contribution in [0.15, 0.2) is 23.3 Å². The van der Waals surface area contributed by atoms with Gasteiger partial charge in [-0.2, -0.15) is 0 Å². The molecule has 1 aliphatic carbocycles. The Morgan fingerprint density at radius 2 is 2.21 bits per heavy atom.